The van der Waals surface area contributed by atoms with Gasteiger partial charge < -0.3 is 0 Å². The number of carbonyl (C=O) groups excluding carboxylic acids is 2. The summed E-state index contributed by atoms with van der Waals surface area (Å²) in [5, 5.41) is 10.7. The minimum atomic E-state index is -0.606. The number of aryl methyl sites for hydroxylation is 2. The number of nitro groups is 1. The predicted octanol–water partition coefficient (Wildman–Crippen LogP) is 2.09. The molecule has 0 aliphatic heterocycles. The van der Waals surface area contributed by atoms with E-state index in [1.54, 1.807) is 0 Å². The molecule has 0 saturated heterocycles. The zero-order valence-corrected chi connectivity index (χ0v) is 13.5. The third-order valence-electron chi connectivity index (χ3n) is 4.16. The van der Waals surface area contributed by atoms with Crippen molar-refractivity contribution in [1.29, 1.82) is 0 Å². The lowest BCUT2D eigenvalue weighted by Crippen LogP contribution is -2.42. The summed E-state index contributed by atoms with van der Waals surface area (Å²) < 4.78 is 0. The van der Waals surface area contributed by atoms with Crippen LogP contribution in [0.15, 0.2) is 42.5 Å². The van der Waals surface area contributed by atoms with Crippen molar-refractivity contribution < 1.29 is 14.5 Å². The lowest BCUT2D eigenvalue weighted by atomic mass is 10.0. The van der Waals surface area contributed by atoms with Gasteiger partial charge in [-0.3, -0.25) is 30.6 Å². The van der Waals surface area contributed by atoms with Gasteiger partial charge in [0.15, 0.2) is 0 Å². The summed E-state index contributed by atoms with van der Waals surface area (Å²) in [6.07, 6.45) is 3.42. The number of hydrogen-bond acceptors (Lipinski definition) is 4. The summed E-state index contributed by atoms with van der Waals surface area (Å²) in [5.74, 6) is -0.956. The van der Waals surface area contributed by atoms with Crippen LogP contribution in [-0.4, -0.2) is 16.7 Å². The van der Waals surface area contributed by atoms with Gasteiger partial charge in [0.1, 0.15) is 0 Å². The van der Waals surface area contributed by atoms with Crippen LogP contribution in [0.4, 0.5) is 5.69 Å². The first kappa shape index (κ1) is 16.6. The number of nitro benzene ring substituents is 1. The van der Waals surface area contributed by atoms with E-state index < -0.39 is 10.8 Å². The highest BCUT2D eigenvalue weighted by atomic mass is 16.6. The van der Waals surface area contributed by atoms with Crippen LogP contribution in [0, 0.1) is 10.1 Å². The summed E-state index contributed by atoms with van der Waals surface area (Å²) >= 11 is 0. The summed E-state index contributed by atoms with van der Waals surface area (Å²) in [5.41, 5.74) is 8.05. The van der Waals surface area contributed by atoms with Crippen LogP contribution in [0.3, 0.4) is 0 Å². The van der Waals surface area contributed by atoms with E-state index in [1.807, 2.05) is 18.2 Å². The van der Waals surface area contributed by atoms with E-state index >= 15 is 0 Å². The highest BCUT2D eigenvalue weighted by Gasteiger charge is 2.14. The molecule has 0 radical (unpaired) electrons. The number of nitrogens with zero attached hydrogens (tertiary/aromatic N) is 1. The van der Waals surface area contributed by atoms with Gasteiger partial charge in [0.25, 0.3) is 11.6 Å². The molecule has 3 rings (SSSR count). The molecule has 25 heavy (non-hydrogen) atoms. The van der Waals surface area contributed by atoms with Gasteiger partial charge in [-0.1, -0.05) is 24.3 Å². The maximum absolute atomic E-state index is 12.0. The van der Waals surface area contributed by atoms with Gasteiger partial charge in [-0.05, 0) is 42.0 Å². The molecule has 7 heteroatoms. The summed E-state index contributed by atoms with van der Waals surface area (Å²) in [4.78, 5) is 34.1. The van der Waals surface area contributed by atoms with Crippen molar-refractivity contribution in [3.8, 4) is 0 Å². The van der Waals surface area contributed by atoms with Gasteiger partial charge >= 0.3 is 0 Å². The van der Waals surface area contributed by atoms with Gasteiger partial charge in [-0.25, -0.2) is 0 Å². The number of rotatable bonds is 4. The van der Waals surface area contributed by atoms with E-state index in [2.05, 4.69) is 10.9 Å². The zero-order valence-electron chi connectivity index (χ0n) is 13.5. The first-order valence-electron chi connectivity index (χ1n) is 7.97. The van der Waals surface area contributed by atoms with Crippen LogP contribution < -0.4 is 10.9 Å². The van der Waals surface area contributed by atoms with Crippen molar-refractivity contribution in [2.24, 2.45) is 0 Å². The van der Waals surface area contributed by atoms with Gasteiger partial charge in [0, 0.05) is 17.7 Å². The Morgan fingerprint density at radius 1 is 1.04 bits per heavy atom. The lowest BCUT2D eigenvalue weighted by Gasteiger charge is -2.08. The van der Waals surface area contributed by atoms with Crippen molar-refractivity contribution in [2.45, 2.75) is 25.7 Å². The molecular formula is C18H17N3O4. The average Bonchev–Trinajstić information content (AvgIpc) is 3.07. The summed E-state index contributed by atoms with van der Waals surface area (Å²) in [6, 6.07) is 11.3. The Morgan fingerprint density at radius 2 is 1.84 bits per heavy atom. The fourth-order valence-corrected chi connectivity index (χ4v) is 2.92. The number of nitrogens with one attached hydrogen (secondary N) is 2. The van der Waals surface area contributed by atoms with Gasteiger partial charge in [-0.15, -0.1) is 0 Å². The molecule has 1 aliphatic rings. The lowest BCUT2D eigenvalue weighted by molar-refractivity contribution is -0.384. The summed E-state index contributed by atoms with van der Waals surface area (Å²) in [6.45, 7) is 0. The first-order valence-corrected chi connectivity index (χ1v) is 7.97. The highest BCUT2D eigenvalue weighted by Crippen LogP contribution is 2.22. The quantitative estimate of drug-likeness (QED) is 0.658. The molecule has 2 aromatic rings. The Balaban J connectivity index is 1.56. The SMILES string of the molecule is O=C(Cc1ccc2c(c1)CCC2)NNC(=O)c1cccc([N+](=O)[O-])c1. The van der Waals surface area contributed by atoms with E-state index in [1.165, 1.54) is 29.3 Å². The standard InChI is InChI=1S/C18H17N3O4/c22-17(10-12-7-8-13-3-1-4-14(13)9-12)19-20-18(23)15-5-2-6-16(11-15)21(24)25/h2,5-9,11H,1,3-4,10H2,(H,19,22)(H,20,23). The molecule has 0 spiro atoms. The second kappa shape index (κ2) is 7.12. The topological polar surface area (TPSA) is 101 Å². The Bertz CT molecular complexity index is 848. The maximum atomic E-state index is 12.0. The summed E-state index contributed by atoms with van der Waals surface area (Å²) in [7, 11) is 0. The number of benzene rings is 2. The molecule has 0 aromatic heterocycles. The van der Waals surface area contributed by atoms with E-state index in [0.29, 0.717) is 0 Å². The van der Waals surface area contributed by atoms with E-state index in [9.17, 15) is 19.7 Å². The van der Waals surface area contributed by atoms with Crippen molar-refractivity contribution in [2.75, 3.05) is 0 Å². The number of carbonyl (C=O) groups is 2. The fourth-order valence-electron chi connectivity index (χ4n) is 2.92. The second-order valence-corrected chi connectivity index (χ2v) is 5.94. The van der Waals surface area contributed by atoms with E-state index in [-0.39, 0.29) is 23.6 Å². The Hall–Kier alpha value is -3.22. The molecule has 2 aromatic carbocycles. The van der Waals surface area contributed by atoms with Crippen molar-refractivity contribution in [3.05, 3.63) is 74.8 Å². The molecule has 1 aliphatic carbocycles. The van der Waals surface area contributed by atoms with E-state index in [0.717, 1.165) is 30.9 Å². The van der Waals surface area contributed by atoms with Crippen LogP contribution in [0.1, 0.15) is 33.5 Å². The van der Waals surface area contributed by atoms with Crippen LogP contribution in [0.2, 0.25) is 0 Å². The molecule has 0 fully saturated rings. The third-order valence-corrected chi connectivity index (χ3v) is 4.16. The van der Waals surface area contributed by atoms with Crippen LogP contribution in [0.25, 0.3) is 0 Å². The normalized spacial score (nSPS) is 12.3. The Kier molecular flexibility index (Phi) is 4.74. The Morgan fingerprint density at radius 3 is 2.64 bits per heavy atom. The number of hydrogen-bond donors (Lipinski definition) is 2. The minimum absolute atomic E-state index is 0.104. The predicted molar refractivity (Wildman–Crippen MR) is 90.9 cm³/mol. The van der Waals surface area contributed by atoms with Gasteiger partial charge in [0.2, 0.25) is 5.91 Å². The molecule has 2 N–H and O–H groups in total. The molecule has 7 nitrogen and oxygen atoms in total. The highest BCUT2D eigenvalue weighted by molar-refractivity contribution is 5.96. The average molecular weight is 339 g/mol. The number of non-ortho nitro benzene ring substituents is 1. The first-order chi connectivity index (χ1) is 12.0. The monoisotopic (exact) mass is 339 g/mol. The van der Waals surface area contributed by atoms with E-state index in [4.69, 9.17) is 0 Å². The second-order valence-electron chi connectivity index (χ2n) is 5.94. The molecule has 0 saturated carbocycles. The van der Waals surface area contributed by atoms with Crippen molar-refractivity contribution in [3.63, 3.8) is 0 Å². The molecule has 0 bridgehead atoms. The minimum Gasteiger partial charge on any atom is -0.273 e. The molecule has 2 amide bonds. The molecular weight excluding hydrogens is 322 g/mol. The third kappa shape index (κ3) is 4.00. The van der Waals surface area contributed by atoms with Crippen LogP contribution in [0.5, 0.6) is 0 Å². The van der Waals surface area contributed by atoms with Crippen LogP contribution >= 0.6 is 0 Å². The van der Waals surface area contributed by atoms with Crippen molar-refractivity contribution in [1.82, 2.24) is 10.9 Å². The zero-order chi connectivity index (χ0) is 17.8. The van der Waals surface area contributed by atoms with Crippen molar-refractivity contribution >= 4 is 17.5 Å². The fraction of sp³-hybridized carbons (Fsp3) is 0.222. The largest absolute Gasteiger partial charge is 0.273 e. The molecule has 0 unspecified atom stereocenters. The smallest absolute Gasteiger partial charge is 0.270 e. The number of amides is 2. The Labute approximate surface area is 144 Å². The molecule has 128 valence electrons. The number of fused-ring (bicyclic) bond motifs is 1. The van der Waals surface area contributed by atoms with Gasteiger partial charge in [0.05, 0.1) is 11.3 Å². The molecule has 0 atom stereocenters. The maximum Gasteiger partial charge on any atom is 0.270 e. The number of hydrazine groups is 1. The molecule has 0 heterocycles. The van der Waals surface area contributed by atoms with Crippen LogP contribution in [-0.2, 0) is 24.1 Å². The van der Waals surface area contributed by atoms with Gasteiger partial charge in [-0.2, -0.15) is 0 Å².